The standard InChI is InChI=1S/C12H20O3/c1-4-6-11(15-12(14)5-2)9-10(3)7-8-13/h4-5,10-11,13H,1-2,6-9H2,3H3/t10-,11+/m0/s1. The average molecular weight is 212 g/mol. The maximum absolute atomic E-state index is 11.0. The first-order chi connectivity index (χ1) is 7.13. The van der Waals surface area contributed by atoms with Gasteiger partial charge in [0.25, 0.3) is 0 Å². The quantitative estimate of drug-likeness (QED) is 0.380. The summed E-state index contributed by atoms with van der Waals surface area (Å²) in [6, 6.07) is 0. The van der Waals surface area contributed by atoms with Crippen molar-refractivity contribution in [2.75, 3.05) is 6.61 Å². The van der Waals surface area contributed by atoms with Crippen molar-refractivity contribution in [3.8, 4) is 0 Å². The minimum absolute atomic E-state index is 0.158. The van der Waals surface area contributed by atoms with Gasteiger partial charge in [-0.05, 0) is 18.8 Å². The molecule has 0 fully saturated rings. The number of aliphatic hydroxyl groups excluding tert-OH is 1. The van der Waals surface area contributed by atoms with Crippen molar-refractivity contribution < 1.29 is 14.6 Å². The highest BCUT2D eigenvalue weighted by atomic mass is 16.5. The summed E-state index contributed by atoms with van der Waals surface area (Å²) in [6.07, 6.45) is 4.83. The number of ether oxygens (including phenoxy) is 1. The molecule has 0 aliphatic heterocycles. The first kappa shape index (κ1) is 13.9. The zero-order valence-corrected chi connectivity index (χ0v) is 9.32. The number of hydrogen-bond donors (Lipinski definition) is 1. The van der Waals surface area contributed by atoms with Crippen molar-refractivity contribution >= 4 is 5.97 Å². The van der Waals surface area contributed by atoms with E-state index in [2.05, 4.69) is 13.2 Å². The molecule has 0 spiro atoms. The zero-order chi connectivity index (χ0) is 11.7. The van der Waals surface area contributed by atoms with Gasteiger partial charge in [-0.2, -0.15) is 0 Å². The molecule has 0 saturated carbocycles. The number of aliphatic hydroxyl groups is 1. The lowest BCUT2D eigenvalue weighted by Crippen LogP contribution is -2.19. The molecule has 0 aromatic carbocycles. The van der Waals surface area contributed by atoms with Crippen molar-refractivity contribution in [1.82, 2.24) is 0 Å². The second-order valence-corrected chi connectivity index (χ2v) is 3.64. The molecule has 0 unspecified atom stereocenters. The van der Waals surface area contributed by atoms with Crippen molar-refractivity contribution in [3.05, 3.63) is 25.3 Å². The fourth-order valence-electron chi connectivity index (χ4n) is 1.38. The van der Waals surface area contributed by atoms with Gasteiger partial charge in [-0.1, -0.05) is 19.6 Å². The van der Waals surface area contributed by atoms with Crippen molar-refractivity contribution in [1.29, 1.82) is 0 Å². The fraction of sp³-hybridized carbons (Fsp3) is 0.583. The number of hydrogen-bond acceptors (Lipinski definition) is 3. The van der Waals surface area contributed by atoms with Crippen molar-refractivity contribution in [2.45, 2.75) is 32.3 Å². The summed E-state index contributed by atoms with van der Waals surface area (Å²) >= 11 is 0. The molecule has 3 heteroatoms. The maximum Gasteiger partial charge on any atom is 0.330 e. The van der Waals surface area contributed by atoms with Gasteiger partial charge in [0, 0.05) is 19.1 Å². The summed E-state index contributed by atoms with van der Waals surface area (Å²) in [5.41, 5.74) is 0. The molecule has 0 heterocycles. The summed E-state index contributed by atoms with van der Waals surface area (Å²) in [5.74, 6) is -0.0735. The molecule has 3 nitrogen and oxygen atoms in total. The molecule has 0 aliphatic rings. The van der Waals surface area contributed by atoms with Crippen LogP contribution in [0.4, 0.5) is 0 Å². The Labute approximate surface area is 91.4 Å². The normalized spacial score (nSPS) is 14.0. The second-order valence-electron chi connectivity index (χ2n) is 3.64. The van der Waals surface area contributed by atoms with E-state index in [1.165, 1.54) is 0 Å². The SMILES string of the molecule is C=CC[C@H](C[C@@H](C)CCO)OC(=O)C=C. The van der Waals surface area contributed by atoms with Crippen LogP contribution in [0.3, 0.4) is 0 Å². The topological polar surface area (TPSA) is 46.5 Å². The van der Waals surface area contributed by atoms with Crippen LogP contribution < -0.4 is 0 Å². The Morgan fingerprint density at radius 1 is 1.53 bits per heavy atom. The predicted octanol–water partition coefficient (Wildman–Crippen LogP) is 2.07. The van der Waals surface area contributed by atoms with E-state index >= 15 is 0 Å². The van der Waals surface area contributed by atoms with Crippen LogP contribution in [0.15, 0.2) is 25.3 Å². The van der Waals surface area contributed by atoms with Gasteiger partial charge in [0.05, 0.1) is 0 Å². The first-order valence-electron chi connectivity index (χ1n) is 5.18. The summed E-state index contributed by atoms with van der Waals surface area (Å²) < 4.78 is 5.15. The lowest BCUT2D eigenvalue weighted by molar-refractivity contribution is -0.143. The summed E-state index contributed by atoms with van der Waals surface area (Å²) in [7, 11) is 0. The molecule has 0 amide bonds. The molecule has 0 bridgehead atoms. The van der Waals surface area contributed by atoms with E-state index in [-0.39, 0.29) is 12.7 Å². The smallest absolute Gasteiger partial charge is 0.330 e. The Morgan fingerprint density at radius 3 is 2.67 bits per heavy atom. The summed E-state index contributed by atoms with van der Waals surface area (Å²) in [6.45, 7) is 9.16. The largest absolute Gasteiger partial charge is 0.459 e. The molecule has 1 N–H and O–H groups in total. The van der Waals surface area contributed by atoms with E-state index in [0.29, 0.717) is 12.3 Å². The Kier molecular flexibility index (Phi) is 7.64. The number of rotatable bonds is 8. The van der Waals surface area contributed by atoms with E-state index in [9.17, 15) is 4.79 Å². The van der Waals surface area contributed by atoms with Gasteiger partial charge < -0.3 is 9.84 Å². The third kappa shape index (κ3) is 6.91. The van der Waals surface area contributed by atoms with E-state index in [1.807, 2.05) is 6.92 Å². The van der Waals surface area contributed by atoms with Gasteiger partial charge in [-0.3, -0.25) is 0 Å². The molecule has 86 valence electrons. The van der Waals surface area contributed by atoms with Crippen LogP contribution in [-0.4, -0.2) is 23.8 Å². The van der Waals surface area contributed by atoms with Gasteiger partial charge in [-0.25, -0.2) is 4.79 Å². The highest BCUT2D eigenvalue weighted by Crippen LogP contribution is 2.15. The number of carbonyl (C=O) groups excluding carboxylic acids is 1. The molecule has 2 atom stereocenters. The molecule has 0 radical (unpaired) electrons. The molecular formula is C12H20O3. The molecule has 0 saturated heterocycles. The first-order valence-corrected chi connectivity index (χ1v) is 5.18. The molecular weight excluding hydrogens is 192 g/mol. The highest BCUT2D eigenvalue weighted by Gasteiger charge is 2.14. The fourth-order valence-corrected chi connectivity index (χ4v) is 1.38. The monoisotopic (exact) mass is 212 g/mol. The summed E-state index contributed by atoms with van der Waals surface area (Å²) in [4.78, 5) is 11.0. The lowest BCUT2D eigenvalue weighted by Gasteiger charge is -2.19. The van der Waals surface area contributed by atoms with Crippen LogP contribution in [0, 0.1) is 5.92 Å². The Bertz CT molecular complexity index is 211. The highest BCUT2D eigenvalue weighted by molar-refractivity contribution is 5.81. The van der Waals surface area contributed by atoms with Crippen LogP contribution in [-0.2, 0) is 9.53 Å². The molecule has 0 aromatic heterocycles. The second kappa shape index (κ2) is 8.24. The van der Waals surface area contributed by atoms with Gasteiger partial charge in [0.15, 0.2) is 0 Å². The van der Waals surface area contributed by atoms with Gasteiger partial charge in [0.2, 0.25) is 0 Å². The van der Waals surface area contributed by atoms with Crippen LogP contribution in [0.1, 0.15) is 26.2 Å². The molecule has 0 aliphatic carbocycles. The zero-order valence-electron chi connectivity index (χ0n) is 9.32. The molecule has 15 heavy (non-hydrogen) atoms. The van der Waals surface area contributed by atoms with Crippen LogP contribution in [0.25, 0.3) is 0 Å². The van der Waals surface area contributed by atoms with E-state index in [0.717, 1.165) is 18.9 Å². The number of carbonyl (C=O) groups is 1. The minimum Gasteiger partial charge on any atom is -0.459 e. The van der Waals surface area contributed by atoms with Gasteiger partial charge in [-0.15, -0.1) is 6.58 Å². The van der Waals surface area contributed by atoms with Crippen LogP contribution in [0.5, 0.6) is 0 Å². The molecule has 0 rings (SSSR count). The van der Waals surface area contributed by atoms with Crippen molar-refractivity contribution in [2.24, 2.45) is 5.92 Å². The average Bonchev–Trinajstić information content (AvgIpc) is 2.18. The lowest BCUT2D eigenvalue weighted by atomic mass is 9.99. The number of esters is 1. The Balaban J connectivity index is 4.07. The Morgan fingerprint density at radius 2 is 2.20 bits per heavy atom. The van der Waals surface area contributed by atoms with Gasteiger partial charge in [0.1, 0.15) is 6.10 Å². The third-order valence-corrected chi connectivity index (χ3v) is 2.17. The van der Waals surface area contributed by atoms with Crippen molar-refractivity contribution in [3.63, 3.8) is 0 Å². The third-order valence-electron chi connectivity index (χ3n) is 2.17. The predicted molar refractivity (Wildman–Crippen MR) is 60.4 cm³/mol. The minimum atomic E-state index is -0.405. The van der Waals surface area contributed by atoms with E-state index < -0.39 is 5.97 Å². The van der Waals surface area contributed by atoms with Gasteiger partial charge >= 0.3 is 5.97 Å². The van der Waals surface area contributed by atoms with E-state index in [1.54, 1.807) is 6.08 Å². The van der Waals surface area contributed by atoms with Crippen LogP contribution in [0.2, 0.25) is 0 Å². The molecule has 0 aromatic rings. The maximum atomic E-state index is 11.0. The summed E-state index contributed by atoms with van der Waals surface area (Å²) in [5, 5.41) is 8.76. The Hall–Kier alpha value is -1.09. The van der Waals surface area contributed by atoms with Crippen LogP contribution >= 0.6 is 0 Å². The van der Waals surface area contributed by atoms with E-state index in [4.69, 9.17) is 9.84 Å².